The fraction of sp³-hybridized carbons (Fsp3) is 0.312. The summed E-state index contributed by atoms with van der Waals surface area (Å²) < 4.78 is 0. The van der Waals surface area contributed by atoms with Gasteiger partial charge in [-0.25, -0.2) is 0 Å². The summed E-state index contributed by atoms with van der Waals surface area (Å²) in [7, 11) is 0. The summed E-state index contributed by atoms with van der Waals surface area (Å²) in [6.45, 7) is 4.51. The second kappa shape index (κ2) is 9.39. The van der Waals surface area contributed by atoms with Crippen LogP contribution in [0.5, 0.6) is 0 Å². The van der Waals surface area contributed by atoms with Crippen LogP contribution in [0.1, 0.15) is 19.4 Å². The molecule has 1 aromatic rings. The van der Waals surface area contributed by atoms with Crippen LogP contribution < -0.4 is 11.1 Å². The SMILES string of the molecule is C/C=C(C)\C=C(/CN)SCNC(=O)Cc1ccccc1. The molecule has 1 rings (SSSR count). The van der Waals surface area contributed by atoms with Gasteiger partial charge in [0, 0.05) is 11.4 Å². The molecule has 0 fully saturated rings. The molecule has 0 aliphatic rings. The highest BCUT2D eigenvalue weighted by Crippen LogP contribution is 2.15. The summed E-state index contributed by atoms with van der Waals surface area (Å²) in [6.07, 6.45) is 4.50. The zero-order chi connectivity index (χ0) is 14.8. The van der Waals surface area contributed by atoms with Crippen LogP contribution in [0, 0.1) is 0 Å². The van der Waals surface area contributed by atoms with Gasteiger partial charge in [0.1, 0.15) is 0 Å². The van der Waals surface area contributed by atoms with E-state index in [1.54, 1.807) is 11.8 Å². The second-order valence-corrected chi connectivity index (χ2v) is 5.50. The van der Waals surface area contributed by atoms with Gasteiger partial charge < -0.3 is 11.1 Å². The quantitative estimate of drug-likeness (QED) is 0.600. The van der Waals surface area contributed by atoms with Gasteiger partial charge in [-0.3, -0.25) is 4.79 Å². The number of hydrogen-bond donors (Lipinski definition) is 2. The molecule has 3 N–H and O–H groups in total. The Morgan fingerprint density at radius 3 is 2.65 bits per heavy atom. The Bertz CT molecular complexity index is 481. The number of allylic oxidation sites excluding steroid dienone is 3. The van der Waals surface area contributed by atoms with Crippen molar-refractivity contribution in [1.29, 1.82) is 0 Å². The van der Waals surface area contributed by atoms with Crippen LogP contribution in [0.2, 0.25) is 0 Å². The van der Waals surface area contributed by atoms with E-state index in [1.165, 1.54) is 5.57 Å². The van der Waals surface area contributed by atoms with Gasteiger partial charge in [0.05, 0.1) is 12.3 Å². The van der Waals surface area contributed by atoms with Gasteiger partial charge in [0.15, 0.2) is 0 Å². The number of hydrogen-bond acceptors (Lipinski definition) is 3. The van der Waals surface area contributed by atoms with E-state index in [-0.39, 0.29) is 5.91 Å². The minimum atomic E-state index is 0.0304. The Kier molecular flexibility index (Phi) is 7.77. The van der Waals surface area contributed by atoms with Crippen LogP contribution in [0.3, 0.4) is 0 Å². The molecule has 0 atom stereocenters. The fourth-order valence-corrected chi connectivity index (χ4v) is 2.36. The minimum Gasteiger partial charge on any atom is -0.346 e. The minimum absolute atomic E-state index is 0.0304. The molecule has 0 spiro atoms. The molecule has 0 heterocycles. The summed E-state index contributed by atoms with van der Waals surface area (Å²) in [5.74, 6) is 0.578. The number of carbonyl (C=O) groups is 1. The molecule has 108 valence electrons. The average molecular weight is 290 g/mol. The molecule has 0 saturated heterocycles. The molecule has 0 saturated carbocycles. The third-order valence-electron chi connectivity index (χ3n) is 2.78. The molecule has 0 radical (unpaired) electrons. The van der Waals surface area contributed by atoms with Gasteiger partial charge in [0.25, 0.3) is 0 Å². The summed E-state index contributed by atoms with van der Waals surface area (Å²) in [4.78, 5) is 12.8. The molecule has 0 aromatic heterocycles. The molecule has 4 heteroatoms. The monoisotopic (exact) mass is 290 g/mol. The van der Waals surface area contributed by atoms with E-state index in [9.17, 15) is 4.79 Å². The molecule has 3 nitrogen and oxygen atoms in total. The molecule has 0 aliphatic heterocycles. The largest absolute Gasteiger partial charge is 0.346 e. The summed E-state index contributed by atoms with van der Waals surface area (Å²) >= 11 is 1.57. The first-order valence-electron chi connectivity index (χ1n) is 6.62. The van der Waals surface area contributed by atoms with Crippen LogP contribution in [0.15, 0.2) is 53.0 Å². The third kappa shape index (κ3) is 6.59. The molecule has 0 unspecified atom stereocenters. The van der Waals surface area contributed by atoms with Gasteiger partial charge in [0.2, 0.25) is 5.91 Å². The van der Waals surface area contributed by atoms with E-state index in [0.29, 0.717) is 18.8 Å². The number of carbonyl (C=O) groups excluding carboxylic acids is 1. The Morgan fingerprint density at radius 2 is 2.05 bits per heavy atom. The van der Waals surface area contributed by atoms with Crippen molar-refractivity contribution in [3.8, 4) is 0 Å². The Hall–Kier alpha value is -1.52. The van der Waals surface area contributed by atoms with Crippen LogP contribution >= 0.6 is 11.8 Å². The highest BCUT2D eigenvalue weighted by Gasteiger charge is 2.03. The maximum Gasteiger partial charge on any atom is 0.225 e. The molecule has 1 amide bonds. The Labute approximate surface area is 125 Å². The van der Waals surface area contributed by atoms with Gasteiger partial charge >= 0.3 is 0 Å². The van der Waals surface area contributed by atoms with Crippen molar-refractivity contribution in [2.45, 2.75) is 20.3 Å². The lowest BCUT2D eigenvalue weighted by molar-refractivity contribution is -0.120. The molecule has 0 bridgehead atoms. The lowest BCUT2D eigenvalue weighted by Crippen LogP contribution is -2.24. The third-order valence-corrected chi connectivity index (χ3v) is 3.72. The number of amides is 1. The first-order chi connectivity index (χ1) is 9.65. The molecular formula is C16H22N2OS. The number of rotatable bonds is 7. The number of benzene rings is 1. The Balaban J connectivity index is 2.36. The summed E-state index contributed by atoms with van der Waals surface area (Å²) in [5.41, 5.74) is 7.88. The number of nitrogens with one attached hydrogen (secondary N) is 1. The standard InChI is InChI=1S/C16H22N2OS/c1-3-13(2)9-15(11-17)20-12-18-16(19)10-14-7-5-4-6-8-14/h3-9H,10-12,17H2,1-2H3,(H,18,19)/b13-3-,15-9+. The van der Waals surface area contributed by atoms with Gasteiger partial charge in [-0.2, -0.15) is 0 Å². The van der Waals surface area contributed by atoms with Crippen LogP contribution in [0.25, 0.3) is 0 Å². The van der Waals surface area contributed by atoms with Crippen molar-refractivity contribution in [3.05, 3.63) is 58.5 Å². The van der Waals surface area contributed by atoms with E-state index < -0.39 is 0 Å². The normalized spacial score (nSPS) is 12.3. The lowest BCUT2D eigenvalue weighted by atomic mass is 10.1. The zero-order valence-electron chi connectivity index (χ0n) is 12.1. The van der Waals surface area contributed by atoms with E-state index in [2.05, 4.69) is 5.32 Å². The molecule has 0 aliphatic carbocycles. The second-order valence-electron chi connectivity index (χ2n) is 4.40. The van der Waals surface area contributed by atoms with Crippen molar-refractivity contribution in [3.63, 3.8) is 0 Å². The highest BCUT2D eigenvalue weighted by molar-refractivity contribution is 8.03. The van der Waals surface area contributed by atoms with Gasteiger partial charge in [-0.15, -0.1) is 11.8 Å². The van der Waals surface area contributed by atoms with Crippen molar-refractivity contribution >= 4 is 17.7 Å². The van der Waals surface area contributed by atoms with E-state index in [1.807, 2.05) is 56.3 Å². The maximum absolute atomic E-state index is 11.8. The predicted octanol–water partition coefficient (Wildman–Crippen LogP) is 2.84. The first kappa shape index (κ1) is 16.5. The van der Waals surface area contributed by atoms with Crippen LogP contribution in [-0.4, -0.2) is 18.3 Å². The van der Waals surface area contributed by atoms with Gasteiger partial charge in [-0.05, 0) is 25.5 Å². The average Bonchev–Trinajstić information content (AvgIpc) is 2.47. The molecule has 1 aromatic carbocycles. The Morgan fingerprint density at radius 1 is 1.35 bits per heavy atom. The van der Waals surface area contributed by atoms with Gasteiger partial charge in [-0.1, -0.05) is 42.0 Å². The first-order valence-corrected chi connectivity index (χ1v) is 7.61. The maximum atomic E-state index is 11.8. The van der Waals surface area contributed by atoms with E-state index >= 15 is 0 Å². The molecule has 20 heavy (non-hydrogen) atoms. The number of thioether (sulfide) groups is 1. The van der Waals surface area contributed by atoms with Crippen LogP contribution in [-0.2, 0) is 11.2 Å². The van der Waals surface area contributed by atoms with Crippen LogP contribution in [0.4, 0.5) is 0 Å². The number of nitrogens with two attached hydrogens (primary N) is 1. The lowest BCUT2D eigenvalue weighted by Gasteiger charge is -2.07. The smallest absolute Gasteiger partial charge is 0.225 e. The van der Waals surface area contributed by atoms with Crippen molar-refractivity contribution in [2.24, 2.45) is 5.73 Å². The zero-order valence-corrected chi connectivity index (χ0v) is 12.9. The van der Waals surface area contributed by atoms with Crippen molar-refractivity contribution in [1.82, 2.24) is 5.32 Å². The van der Waals surface area contributed by atoms with E-state index in [4.69, 9.17) is 5.73 Å². The van der Waals surface area contributed by atoms with E-state index in [0.717, 1.165) is 10.5 Å². The van der Waals surface area contributed by atoms with Crippen molar-refractivity contribution in [2.75, 3.05) is 12.4 Å². The highest BCUT2D eigenvalue weighted by atomic mass is 32.2. The van der Waals surface area contributed by atoms with Crippen molar-refractivity contribution < 1.29 is 4.79 Å². The summed E-state index contributed by atoms with van der Waals surface area (Å²) in [5, 5.41) is 2.90. The fourth-order valence-electron chi connectivity index (χ4n) is 1.55. The topological polar surface area (TPSA) is 55.1 Å². The molecular weight excluding hydrogens is 268 g/mol. The predicted molar refractivity (Wildman–Crippen MR) is 87.3 cm³/mol. The summed E-state index contributed by atoms with van der Waals surface area (Å²) in [6, 6.07) is 9.72.